The molecule has 3 nitrogen and oxygen atoms in total. The number of benzene rings is 2. The smallest absolute Gasteiger partial charge is 0.190 e. The summed E-state index contributed by atoms with van der Waals surface area (Å²) in [6, 6.07) is 14.9. The van der Waals surface area contributed by atoms with Crippen molar-refractivity contribution in [3.8, 4) is 0 Å². The van der Waals surface area contributed by atoms with Crippen LogP contribution in [0, 0.1) is 6.92 Å². The molecule has 0 amide bonds. The molecule has 2 aromatic carbocycles. The number of quaternary nitrogens is 1. The Hall–Kier alpha value is -1.65. The molecule has 0 aliphatic heterocycles. The summed E-state index contributed by atoms with van der Waals surface area (Å²) in [5.41, 5.74) is 6.91. The molecule has 0 radical (unpaired) electrons. The third-order valence-corrected chi connectivity index (χ3v) is 6.15. The zero-order valence-corrected chi connectivity index (χ0v) is 14.2. The molecular formula is C18H24NO2S+. The van der Waals surface area contributed by atoms with Crippen LogP contribution in [0.15, 0.2) is 53.4 Å². The van der Waals surface area contributed by atoms with Gasteiger partial charge in [-0.05, 0) is 36.1 Å². The lowest BCUT2D eigenvalue weighted by atomic mass is 10.0. The first-order valence-corrected chi connectivity index (χ1v) is 9.10. The molecule has 0 aliphatic rings. The van der Waals surface area contributed by atoms with E-state index in [1.54, 1.807) is 12.1 Å². The van der Waals surface area contributed by atoms with E-state index in [0.29, 0.717) is 17.4 Å². The molecule has 3 N–H and O–H groups in total. The van der Waals surface area contributed by atoms with Gasteiger partial charge in [-0.25, -0.2) is 8.42 Å². The van der Waals surface area contributed by atoms with Gasteiger partial charge in [0.1, 0.15) is 5.25 Å². The molecular weight excluding hydrogens is 294 g/mol. The highest BCUT2D eigenvalue weighted by atomic mass is 32.2. The molecule has 1 atom stereocenters. The summed E-state index contributed by atoms with van der Waals surface area (Å²) in [7, 11) is -3.42. The molecule has 4 heteroatoms. The Kier molecular flexibility index (Phi) is 5.04. The second-order valence-corrected chi connectivity index (χ2v) is 8.09. The van der Waals surface area contributed by atoms with E-state index < -0.39 is 15.1 Å². The van der Waals surface area contributed by atoms with Crippen molar-refractivity contribution in [3.05, 3.63) is 65.2 Å². The number of sulfone groups is 1. The van der Waals surface area contributed by atoms with Crippen molar-refractivity contribution in [1.82, 2.24) is 0 Å². The van der Waals surface area contributed by atoms with E-state index in [1.807, 2.05) is 43.3 Å². The quantitative estimate of drug-likeness (QED) is 0.921. The highest BCUT2D eigenvalue weighted by Gasteiger charge is 2.29. The van der Waals surface area contributed by atoms with Gasteiger partial charge in [-0.15, -0.1) is 0 Å². The Labute approximate surface area is 133 Å². The summed E-state index contributed by atoms with van der Waals surface area (Å²) in [6.45, 7) is 6.50. The van der Waals surface area contributed by atoms with Crippen LogP contribution in [0.2, 0.25) is 0 Å². The van der Waals surface area contributed by atoms with Crippen molar-refractivity contribution in [1.29, 1.82) is 0 Å². The van der Waals surface area contributed by atoms with E-state index in [0.717, 1.165) is 11.1 Å². The van der Waals surface area contributed by atoms with Crippen LogP contribution >= 0.6 is 0 Å². The van der Waals surface area contributed by atoms with Crippen LogP contribution in [-0.4, -0.2) is 15.0 Å². The third kappa shape index (κ3) is 3.39. The van der Waals surface area contributed by atoms with Gasteiger partial charge >= 0.3 is 0 Å². The van der Waals surface area contributed by atoms with Gasteiger partial charge in [0.15, 0.2) is 9.84 Å². The fourth-order valence-corrected chi connectivity index (χ4v) is 4.16. The van der Waals surface area contributed by atoms with Crippen molar-refractivity contribution in [2.75, 3.05) is 6.54 Å². The van der Waals surface area contributed by atoms with Crippen LogP contribution in [0.5, 0.6) is 0 Å². The molecule has 2 rings (SSSR count). The van der Waals surface area contributed by atoms with Crippen molar-refractivity contribution in [3.63, 3.8) is 0 Å². The maximum absolute atomic E-state index is 12.9. The summed E-state index contributed by atoms with van der Waals surface area (Å²) >= 11 is 0. The summed E-state index contributed by atoms with van der Waals surface area (Å²) in [6.07, 6.45) is 0. The van der Waals surface area contributed by atoms with Gasteiger partial charge in [-0.2, -0.15) is 0 Å². The van der Waals surface area contributed by atoms with Crippen molar-refractivity contribution < 1.29 is 14.2 Å². The lowest BCUT2D eigenvalue weighted by Gasteiger charge is -2.16. The largest absolute Gasteiger partial charge is 0.356 e. The first-order valence-electron chi connectivity index (χ1n) is 7.56. The van der Waals surface area contributed by atoms with E-state index in [-0.39, 0.29) is 0 Å². The summed E-state index contributed by atoms with van der Waals surface area (Å²) in [5, 5.41) is -0.601. The number of hydrogen-bond donors (Lipinski definition) is 1. The van der Waals surface area contributed by atoms with Gasteiger partial charge in [0.25, 0.3) is 0 Å². The fraction of sp³-hybridized carbons (Fsp3) is 0.333. The summed E-state index contributed by atoms with van der Waals surface area (Å²) in [4.78, 5) is 0.361. The van der Waals surface area contributed by atoms with Crippen molar-refractivity contribution in [2.24, 2.45) is 0 Å². The van der Waals surface area contributed by atoms with E-state index in [1.165, 1.54) is 5.56 Å². The van der Waals surface area contributed by atoms with Crippen LogP contribution in [0.4, 0.5) is 0 Å². The van der Waals surface area contributed by atoms with Gasteiger partial charge in [0.05, 0.1) is 11.4 Å². The number of rotatable bonds is 5. The molecule has 0 aromatic heterocycles. The minimum absolute atomic E-state index is 0.317. The topological polar surface area (TPSA) is 61.8 Å². The Morgan fingerprint density at radius 1 is 0.909 bits per heavy atom. The highest BCUT2D eigenvalue weighted by Crippen LogP contribution is 2.29. The van der Waals surface area contributed by atoms with Gasteiger partial charge in [-0.1, -0.05) is 55.8 Å². The average Bonchev–Trinajstić information content (AvgIpc) is 2.48. The molecule has 0 heterocycles. The summed E-state index contributed by atoms with van der Waals surface area (Å²) in [5.74, 6) is 0.431. The SMILES string of the molecule is Cc1ccc(S(=O)(=O)[C@@H](C[NH3+])c2ccc(C(C)C)cc2)cc1. The first-order chi connectivity index (χ1) is 10.4. The Morgan fingerprint density at radius 3 is 1.86 bits per heavy atom. The first kappa shape index (κ1) is 16.7. The molecule has 0 bridgehead atoms. The van der Waals surface area contributed by atoms with Gasteiger partial charge in [0, 0.05) is 0 Å². The molecule has 0 saturated heterocycles. The second kappa shape index (κ2) is 6.63. The predicted molar refractivity (Wildman–Crippen MR) is 89.4 cm³/mol. The lowest BCUT2D eigenvalue weighted by molar-refractivity contribution is -0.367. The van der Waals surface area contributed by atoms with Gasteiger partial charge < -0.3 is 5.73 Å². The minimum atomic E-state index is -3.42. The Balaban J connectivity index is 2.40. The molecule has 22 heavy (non-hydrogen) atoms. The van der Waals surface area contributed by atoms with Crippen LogP contribution in [0.25, 0.3) is 0 Å². The van der Waals surface area contributed by atoms with E-state index >= 15 is 0 Å². The van der Waals surface area contributed by atoms with Crippen LogP contribution in [-0.2, 0) is 9.84 Å². The summed E-state index contributed by atoms with van der Waals surface area (Å²) < 4.78 is 25.7. The maximum atomic E-state index is 12.9. The van der Waals surface area contributed by atoms with Crippen molar-refractivity contribution >= 4 is 9.84 Å². The van der Waals surface area contributed by atoms with Crippen LogP contribution in [0.1, 0.15) is 41.7 Å². The Bertz CT molecular complexity index is 717. The van der Waals surface area contributed by atoms with Crippen LogP contribution < -0.4 is 5.73 Å². The average molecular weight is 318 g/mol. The van der Waals surface area contributed by atoms with Crippen molar-refractivity contribution in [2.45, 2.75) is 36.8 Å². The standard InChI is InChI=1S/C18H23NO2S/c1-13(2)15-6-8-16(9-7-15)18(12-19)22(20,21)17-10-4-14(3)5-11-17/h4-11,13,18H,12,19H2,1-3H3/p+1/t18-/m0/s1. The molecule has 0 unspecified atom stereocenters. The number of hydrogen-bond acceptors (Lipinski definition) is 2. The van der Waals surface area contributed by atoms with E-state index in [2.05, 4.69) is 19.6 Å². The zero-order valence-electron chi connectivity index (χ0n) is 13.4. The normalized spacial score (nSPS) is 13.3. The molecule has 0 spiro atoms. The minimum Gasteiger partial charge on any atom is -0.356 e. The van der Waals surface area contributed by atoms with Gasteiger partial charge in [-0.3, -0.25) is 0 Å². The maximum Gasteiger partial charge on any atom is 0.190 e. The number of aryl methyl sites for hydroxylation is 1. The highest BCUT2D eigenvalue weighted by molar-refractivity contribution is 7.91. The molecule has 0 fully saturated rings. The molecule has 2 aromatic rings. The zero-order chi connectivity index (χ0) is 16.3. The fourth-order valence-electron chi connectivity index (χ4n) is 2.49. The Morgan fingerprint density at radius 2 is 1.41 bits per heavy atom. The predicted octanol–water partition coefficient (Wildman–Crippen LogP) is 2.88. The molecule has 0 saturated carbocycles. The molecule has 118 valence electrons. The lowest BCUT2D eigenvalue weighted by Crippen LogP contribution is -2.54. The van der Waals surface area contributed by atoms with Gasteiger partial charge in [0.2, 0.25) is 0 Å². The van der Waals surface area contributed by atoms with Crippen LogP contribution in [0.3, 0.4) is 0 Å². The van der Waals surface area contributed by atoms with E-state index in [9.17, 15) is 8.42 Å². The third-order valence-electron chi connectivity index (χ3n) is 3.96. The van der Waals surface area contributed by atoms with E-state index in [4.69, 9.17) is 0 Å². The molecule has 0 aliphatic carbocycles. The monoisotopic (exact) mass is 318 g/mol. The second-order valence-electron chi connectivity index (χ2n) is 5.96.